The van der Waals surface area contributed by atoms with Gasteiger partial charge in [0.1, 0.15) is 11.0 Å². The standard InChI is InChI=1S/C17H12BrN5OS/c18-12-4-1-10(2-5-12)7-13-9-19-17(25-13)20-16(24)11-3-6-14-15(8-11)22-23-21-14/h1-6,8-9H,7H2,(H,19,20,24)(H,21,22,23). The second-order valence-electron chi connectivity index (χ2n) is 5.42. The Morgan fingerprint density at radius 3 is 2.76 bits per heavy atom. The lowest BCUT2D eigenvalue weighted by Crippen LogP contribution is -2.11. The van der Waals surface area contributed by atoms with Crippen LogP contribution in [0, 0.1) is 0 Å². The van der Waals surface area contributed by atoms with Crippen molar-refractivity contribution in [3.63, 3.8) is 0 Å². The van der Waals surface area contributed by atoms with E-state index in [1.807, 2.05) is 12.1 Å². The van der Waals surface area contributed by atoms with Crippen molar-refractivity contribution < 1.29 is 4.79 Å². The van der Waals surface area contributed by atoms with E-state index in [1.54, 1.807) is 24.4 Å². The Kier molecular flexibility index (Phi) is 4.29. The van der Waals surface area contributed by atoms with Crippen LogP contribution in [0.5, 0.6) is 0 Å². The minimum Gasteiger partial charge on any atom is -0.298 e. The Bertz CT molecular complexity index is 1040. The van der Waals surface area contributed by atoms with Crippen LogP contribution in [0.3, 0.4) is 0 Å². The quantitative estimate of drug-likeness (QED) is 0.529. The summed E-state index contributed by atoms with van der Waals surface area (Å²) in [5.74, 6) is -0.213. The lowest BCUT2D eigenvalue weighted by molar-refractivity contribution is 0.102. The monoisotopic (exact) mass is 413 g/mol. The first-order valence-electron chi connectivity index (χ1n) is 7.48. The minimum absolute atomic E-state index is 0.213. The van der Waals surface area contributed by atoms with Crippen LogP contribution in [0.15, 0.2) is 53.1 Å². The number of anilines is 1. The zero-order valence-electron chi connectivity index (χ0n) is 12.9. The summed E-state index contributed by atoms with van der Waals surface area (Å²) in [6.07, 6.45) is 2.58. The van der Waals surface area contributed by atoms with Gasteiger partial charge in [0.25, 0.3) is 5.91 Å². The highest BCUT2D eigenvalue weighted by Crippen LogP contribution is 2.23. The van der Waals surface area contributed by atoms with Gasteiger partial charge < -0.3 is 0 Å². The average Bonchev–Trinajstić information content (AvgIpc) is 3.25. The third-order valence-electron chi connectivity index (χ3n) is 3.64. The van der Waals surface area contributed by atoms with Crippen molar-refractivity contribution in [1.29, 1.82) is 0 Å². The molecule has 8 heteroatoms. The van der Waals surface area contributed by atoms with E-state index in [-0.39, 0.29) is 5.91 Å². The summed E-state index contributed by atoms with van der Waals surface area (Å²) in [6.45, 7) is 0. The fourth-order valence-electron chi connectivity index (χ4n) is 2.40. The van der Waals surface area contributed by atoms with Crippen LogP contribution in [-0.4, -0.2) is 26.3 Å². The highest BCUT2D eigenvalue weighted by molar-refractivity contribution is 9.10. The van der Waals surface area contributed by atoms with E-state index in [0.717, 1.165) is 21.3 Å². The fourth-order valence-corrected chi connectivity index (χ4v) is 3.51. The summed E-state index contributed by atoms with van der Waals surface area (Å²) < 4.78 is 1.05. The van der Waals surface area contributed by atoms with Crippen molar-refractivity contribution in [2.45, 2.75) is 6.42 Å². The number of benzene rings is 2. The second kappa shape index (κ2) is 6.73. The molecule has 0 aliphatic carbocycles. The summed E-state index contributed by atoms with van der Waals surface area (Å²) in [7, 11) is 0. The van der Waals surface area contributed by atoms with Crippen molar-refractivity contribution >= 4 is 49.3 Å². The Hall–Kier alpha value is -2.58. The van der Waals surface area contributed by atoms with Gasteiger partial charge in [0.15, 0.2) is 5.13 Å². The van der Waals surface area contributed by atoms with E-state index in [4.69, 9.17) is 0 Å². The number of hydrogen-bond donors (Lipinski definition) is 2. The molecule has 4 rings (SSSR count). The molecule has 1 amide bonds. The zero-order chi connectivity index (χ0) is 17.2. The topological polar surface area (TPSA) is 83.6 Å². The van der Waals surface area contributed by atoms with Crippen LogP contribution in [0.1, 0.15) is 20.8 Å². The van der Waals surface area contributed by atoms with Gasteiger partial charge in [-0.1, -0.05) is 28.1 Å². The smallest absolute Gasteiger partial charge is 0.257 e. The number of hydrogen-bond acceptors (Lipinski definition) is 5. The van der Waals surface area contributed by atoms with E-state index in [9.17, 15) is 4.79 Å². The van der Waals surface area contributed by atoms with Crippen molar-refractivity contribution in [2.24, 2.45) is 0 Å². The Morgan fingerprint density at radius 2 is 1.92 bits per heavy atom. The molecule has 6 nitrogen and oxygen atoms in total. The fraction of sp³-hybridized carbons (Fsp3) is 0.0588. The van der Waals surface area contributed by atoms with E-state index in [0.29, 0.717) is 16.2 Å². The second-order valence-corrected chi connectivity index (χ2v) is 7.45. The van der Waals surface area contributed by atoms with Crippen molar-refractivity contribution in [3.05, 3.63) is 69.1 Å². The van der Waals surface area contributed by atoms with Crippen LogP contribution in [0.4, 0.5) is 5.13 Å². The number of nitrogens with zero attached hydrogens (tertiary/aromatic N) is 3. The Labute approximate surface area is 155 Å². The van der Waals surface area contributed by atoms with Gasteiger partial charge >= 0.3 is 0 Å². The van der Waals surface area contributed by atoms with Crippen LogP contribution < -0.4 is 5.32 Å². The van der Waals surface area contributed by atoms with Gasteiger partial charge in [-0.25, -0.2) is 4.98 Å². The van der Waals surface area contributed by atoms with E-state index < -0.39 is 0 Å². The molecule has 2 aromatic carbocycles. The summed E-state index contributed by atoms with van der Waals surface area (Å²) in [5, 5.41) is 13.9. The van der Waals surface area contributed by atoms with Crippen molar-refractivity contribution in [1.82, 2.24) is 20.4 Å². The van der Waals surface area contributed by atoms with E-state index >= 15 is 0 Å². The number of thiazole rings is 1. The number of aromatic amines is 1. The maximum absolute atomic E-state index is 12.4. The van der Waals surface area contributed by atoms with Gasteiger partial charge in [-0.05, 0) is 35.9 Å². The van der Waals surface area contributed by atoms with Crippen LogP contribution in [0.2, 0.25) is 0 Å². The molecule has 2 heterocycles. The molecule has 2 aromatic heterocycles. The number of H-pyrrole nitrogens is 1. The number of carbonyl (C=O) groups excluding carboxylic acids is 1. The van der Waals surface area contributed by atoms with Gasteiger partial charge in [0.05, 0.1) is 0 Å². The first-order valence-corrected chi connectivity index (χ1v) is 9.09. The van der Waals surface area contributed by atoms with Gasteiger partial charge in [-0.15, -0.1) is 11.3 Å². The van der Waals surface area contributed by atoms with Crippen molar-refractivity contribution in [3.8, 4) is 0 Å². The molecule has 0 atom stereocenters. The van der Waals surface area contributed by atoms with Crippen molar-refractivity contribution in [2.75, 3.05) is 5.32 Å². The Morgan fingerprint density at radius 1 is 1.12 bits per heavy atom. The molecule has 0 unspecified atom stereocenters. The maximum Gasteiger partial charge on any atom is 0.257 e. The normalized spacial score (nSPS) is 10.9. The molecule has 124 valence electrons. The predicted molar refractivity (Wildman–Crippen MR) is 101 cm³/mol. The first-order chi connectivity index (χ1) is 12.2. The summed E-state index contributed by atoms with van der Waals surface area (Å²) in [6, 6.07) is 13.3. The van der Waals surface area contributed by atoms with Gasteiger partial charge in [0.2, 0.25) is 0 Å². The molecule has 0 saturated carbocycles. The molecule has 0 bridgehead atoms. The summed E-state index contributed by atoms with van der Waals surface area (Å²) in [4.78, 5) is 17.8. The zero-order valence-corrected chi connectivity index (χ0v) is 15.3. The molecule has 4 aromatic rings. The van der Waals surface area contributed by atoms with Crippen LogP contribution in [0.25, 0.3) is 11.0 Å². The third-order valence-corrected chi connectivity index (χ3v) is 5.09. The molecular formula is C17H12BrN5OS. The van der Waals surface area contributed by atoms with Gasteiger partial charge in [0, 0.05) is 27.5 Å². The predicted octanol–water partition coefficient (Wildman–Crippen LogP) is 4.02. The summed E-state index contributed by atoms with van der Waals surface area (Å²) >= 11 is 4.90. The molecule has 0 saturated heterocycles. The molecule has 0 aliphatic rings. The maximum atomic E-state index is 12.4. The van der Waals surface area contributed by atoms with Crippen LogP contribution in [-0.2, 0) is 6.42 Å². The lowest BCUT2D eigenvalue weighted by atomic mass is 10.1. The van der Waals surface area contributed by atoms with Crippen LogP contribution >= 0.6 is 27.3 Å². The molecule has 0 spiro atoms. The SMILES string of the molecule is O=C(Nc1ncc(Cc2ccc(Br)cc2)s1)c1ccc2n[nH]nc2c1. The van der Waals surface area contributed by atoms with E-state index in [1.165, 1.54) is 16.9 Å². The number of carbonyl (C=O) groups is 1. The van der Waals surface area contributed by atoms with Gasteiger partial charge in [-0.3, -0.25) is 10.1 Å². The summed E-state index contributed by atoms with van der Waals surface area (Å²) in [5.41, 5.74) is 3.09. The number of halogens is 1. The molecular weight excluding hydrogens is 402 g/mol. The number of amides is 1. The number of rotatable bonds is 4. The molecule has 0 radical (unpaired) electrons. The molecule has 2 N–H and O–H groups in total. The van der Waals surface area contributed by atoms with E-state index in [2.05, 4.69) is 53.8 Å². The number of fused-ring (bicyclic) bond motifs is 1. The molecule has 0 aliphatic heterocycles. The van der Waals surface area contributed by atoms with Gasteiger partial charge in [-0.2, -0.15) is 15.4 Å². The number of nitrogens with one attached hydrogen (secondary N) is 2. The highest BCUT2D eigenvalue weighted by atomic mass is 79.9. The first kappa shape index (κ1) is 15.9. The molecule has 25 heavy (non-hydrogen) atoms. The average molecular weight is 414 g/mol. The largest absolute Gasteiger partial charge is 0.298 e. The molecule has 0 fully saturated rings. The Balaban J connectivity index is 1.46. The minimum atomic E-state index is -0.213. The highest BCUT2D eigenvalue weighted by Gasteiger charge is 2.11. The third kappa shape index (κ3) is 3.59. The lowest BCUT2D eigenvalue weighted by Gasteiger charge is -2.01. The number of aromatic nitrogens is 4.